The Morgan fingerprint density at radius 1 is 1.16 bits per heavy atom. The van der Waals surface area contributed by atoms with Gasteiger partial charge in [0.15, 0.2) is 0 Å². The van der Waals surface area contributed by atoms with Gasteiger partial charge in [0.05, 0.1) is 28.4 Å². The van der Waals surface area contributed by atoms with Crippen molar-refractivity contribution >= 4 is 40.6 Å². The van der Waals surface area contributed by atoms with Gasteiger partial charge in [-0.05, 0) is 61.7 Å². The number of piperazine rings is 1. The predicted molar refractivity (Wildman–Crippen MR) is 149 cm³/mol. The molecule has 196 valence electrons. The lowest BCUT2D eigenvalue weighted by Crippen LogP contribution is -2.52. The molecule has 1 aromatic heterocycles. The summed E-state index contributed by atoms with van der Waals surface area (Å²) in [6, 6.07) is 18.8. The second kappa shape index (κ2) is 10.9. The third-order valence-electron chi connectivity index (χ3n) is 7.22. The molecule has 1 aliphatic carbocycles. The summed E-state index contributed by atoms with van der Waals surface area (Å²) >= 11 is 12.8. The van der Waals surface area contributed by atoms with E-state index in [1.54, 1.807) is 31.3 Å². The zero-order valence-electron chi connectivity index (χ0n) is 21.1. The lowest BCUT2D eigenvalue weighted by Gasteiger charge is -2.45. The van der Waals surface area contributed by atoms with Crippen LogP contribution in [0.4, 0.5) is 11.5 Å². The summed E-state index contributed by atoms with van der Waals surface area (Å²) in [6.07, 6.45) is 3.49. The van der Waals surface area contributed by atoms with Crippen molar-refractivity contribution in [3.05, 3.63) is 87.5 Å². The van der Waals surface area contributed by atoms with Gasteiger partial charge >= 0.3 is 0 Å². The van der Waals surface area contributed by atoms with E-state index in [1.165, 1.54) is 0 Å². The highest BCUT2D eigenvalue weighted by atomic mass is 35.5. The second-order valence-corrected chi connectivity index (χ2v) is 11.1. The van der Waals surface area contributed by atoms with Crippen molar-refractivity contribution in [1.82, 2.24) is 9.88 Å². The third kappa shape index (κ3) is 5.95. The number of β-amino-alcohol motifs (C(OH)–C–C–N with tert-alkyl or cyclic N) is 1. The Balaban J connectivity index is 1.34. The van der Waals surface area contributed by atoms with Crippen LogP contribution in [0.25, 0.3) is 0 Å². The van der Waals surface area contributed by atoms with Crippen LogP contribution in [-0.2, 0) is 10.4 Å². The van der Waals surface area contributed by atoms with Crippen LogP contribution in [0.2, 0.25) is 10.0 Å². The van der Waals surface area contributed by atoms with Gasteiger partial charge in [0.25, 0.3) is 0 Å². The fraction of sp³-hybridized carbons (Fsp3) is 0.345. The van der Waals surface area contributed by atoms with Crippen molar-refractivity contribution in [2.24, 2.45) is 5.92 Å². The SMILES string of the molecule is C[C@@](O)(CN1CCN(c2ccc(C#N)cc2Cl)[C@H](c2ccc(Cl)cc2)C1)c1ccc(NC(=O)C2CC2)nc1. The first-order valence-corrected chi connectivity index (χ1v) is 13.4. The minimum absolute atomic E-state index is 0.00508. The summed E-state index contributed by atoms with van der Waals surface area (Å²) in [7, 11) is 0. The van der Waals surface area contributed by atoms with Gasteiger partial charge in [-0.3, -0.25) is 9.69 Å². The van der Waals surface area contributed by atoms with Gasteiger partial charge in [-0.1, -0.05) is 41.4 Å². The smallest absolute Gasteiger partial charge is 0.228 e. The quantitative estimate of drug-likeness (QED) is 0.411. The molecule has 1 amide bonds. The summed E-state index contributed by atoms with van der Waals surface area (Å²) in [5.74, 6) is 0.605. The number of hydrogen-bond acceptors (Lipinski definition) is 6. The fourth-order valence-electron chi connectivity index (χ4n) is 4.94. The van der Waals surface area contributed by atoms with Crippen molar-refractivity contribution < 1.29 is 9.90 Å². The van der Waals surface area contributed by atoms with E-state index < -0.39 is 5.60 Å². The Morgan fingerprint density at radius 2 is 1.92 bits per heavy atom. The van der Waals surface area contributed by atoms with Gasteiger partial charge in [-0.2, -0.15) is 5.26 Å². The molecular formula is C29H29Cl2N5O2. The average Bonchev–Trinajstić information content (AvgIpc) is 3.75. The number of amides is 1. The molecule has 1 saturated carbocycles. The molecule has 0 radical (unpaired) electrons. The maximum atomic E-state index is 12.0. The highest BCUT2D eigenvalue weighted by Gasteiger charge is 2.34. The molecule has 1 aliphatic heterocycles. The number of pyridine rings is 1. The largest absolute Gasteiger partial charge is 0.384 e. The topological polar surface area (TPSA) is 92.5 Å². The fourth-order valence-corrected chi connectivity index (χ4v) is 5.35. The number of benzene rings is 2. The standard InChI is InChI=1S/C29H29Cl2N5O2/c1-29(38,22-7-11-27(33-16-22)34-28(37)21-3-4-21)18-35-12-13-36(25-10-2-19(15-32)14-24(25)31)26(17-35)20-5-8-23(30)9-6-20/h2,5-11,14,16,21,26,38H,3-4,12-13,17-18H2,1H3,(H,33,34,37)/t26-,29+/m0/s1. The Bertz CT molecular complexity index is 1350. The van der Waals surface area contributed by atoms with E-state index in [0.717, 1.165) is 24.1 Å². The number of anilines is 2. The number of aliphatic hydroxyl groups is 1. The highest BCUT2D eigenvalue weighted by Crippen LogP contribution is 2.37. The number of aromatic nitrogens is 1. The number of carbonyl (C=O) groups excluding carboxylic acids is 1. The maximum Gasteiger partial charge on any atom is 0.228 e. The number of nitriles is 1. The van der Waals surface area contributed by atoms with Crippen LogP contribution in [0, 0.1) is 17.2 Å². The summed E-state index contributed by atoms with van der Waals surface area (Å²) in [5.41, 5.74) is 2.00. The van der Waals surface area contributed by atoms with Gasteiger partial charge in [-0.15, -0.1) is 0 Å². The van der Waals surface area contributed by atoms with Crippen molar-refractivity contribution in [2.75, 3.05) is 36.4 Å². The first-order chi connectivity index (χ1) is 18.2. The summed E-state index contributed by atoms with van der Waals surface area (Å²) in [4.78, 5) is 20.9. The zero-order chi connectivity index (χ0) is 26.9. The van der Waals surface area contributed by atoms with Gasteiger partial charge in [0.1, 0.15) is 11.4 Å². The van der Waals surface area contributed by atoms with Crippen molar-refractivity contribution in [3.63, 3.8) is 0 Å². The first kappa shape index (κ1) is 26.5. The van der Waals surface area contributed by atoms with Crippen LogP contribution in [0.3, 0.4) is 0 Å². The van der Waals surface area contributed by atoms with Crippen LogP contribution < -0.4 is 10.2 Å². The molecule has 1 saturated heterocycles. The maximum absolute atomic E-state index is 12.0. The molecule has 0 unspecified atom stereocenters. The number of nitrogens with zero attached hydrogens (tertiary/aromatic N) is 4. The van der Waals surface area contributed by atoms with Crippen molar-refractivity contribution in [2.45, 2.75) is 31.4 Å². The molecule has 38 heavy (non-hydrogen) atoms. The molecule has 2 fully saturated rings. The molecule has 5 rings (SSSR count). The lowest BCUT2D eigenvalue weighted by atomic mass is 9.95. The van der Waals surface area contributed by atoms with Gasteiger partial charge in [0.2, 0.25) is 5.91 Å². The van der Waals surface area contributed by atoms with Crippen molar-refractivity contribution in [1.29, 1.82) is 5.26 Å². The molecule has 0 bridgehead atoms. The molecule has 2 atom stereocenters. The molecule has 2 N–H and O–H groups in total. The van der Waals surface area contributed by atoms with Crippen LogP contribution in [0.15, 0.2) is 60.8 Å². The highest BCUT2D eigenvalue weighted by molar-refractivity contribution is 6.33. The second-order valence-electron chi connectivity index (χ2n) is 10.2. The number of hydrogen-bond donors (Lipinski definition) is 2. The summed E-state index contributed by atoms with van der Waals surface area (Å²) in [5, 5.41) is 24.7. The Labute approximate surface area is 232 Å². The lowest BCUT2D eigenvalue weighted by molar-refractivity contribution is -0.117. The molecule has 7 nitrogen and oxygen atoms in total. The van der Waals surface area contributed by atoms with Crippen LogP contribution in [0.5, 0.6) is 0 Å². The van der Waals surface area contributed by atoms with Crippen LogP contribution >= 0.6 is 23.2 Å². The van der Waals surface area contributed by atoms with Crippen LogP contribution in [0.1, 0.15) is 42.5 Å². The number of rotatable bonds is 7. The number of halogens is 2. The summed E-state index contributed by atoms with van der Waals surface area (Å²) < 4.78 is 0. The molecular weight excluding hydrogens is 521 g/mol. The van der Waals surface area contributed by atoms with E-state index in [0.29, 0.717) is 53.2 Å². The van der Waals surface area contributed by atoms with E-state index >= 15 is 0 Å². The van der Waals surface area contributed by atoms with Crippen LogP contribution in [-0.4, -0.2) is 47.1 Å². The van der Waals surface area contributed by atoms with E-state index in [2.05, 4.69) is 26.2 Å². The molecule has 2 heterocycles. The van der Waals surface area contributed by atoms with Gasteiger partial charge in [0, 0.05) is 48.9 Å². The monoisotopic (exact) mass is 549 g/mol. The minimum atomic E-state index is -1.15. The number of nitrogens with one attached hydrogen (secondary N) is 1. The van der Waals surface area contributed by atoms with E-state index in [-0.39, 0.29) is 17.9 Å². The van der Waals surface area contributed by atoms with Crippen molar-refractivity contribution in [3.8, 4) is 6.07 Å². The first-order valence-electron chi connectivity index (χ1n) is 12.7. The van der Waals surface area contributed by atoms with E-state index in [4.69, 9.17) is 23.2 Å². The Kier molecular flexibility index (Phi) is 7.60. The Hall–Kier alpha value is -3.15. The predicted octanol–water partition coefficient (Wildman–Crippen LogP) is 5.38. The normalized spacial score (nSPS) is 19.4. The molecule has 3 aromatic rings. The average molecular weight is 550 g/mol. The number of carbonyl (C=O) groups is 1. The molecule has 2 aromatic carbocycles. The van der Waals surface area contributed by atoms with Gasteiger partial charge < -0.3 is 15.3 Å². The van der Waals surface area contributed by atoms with E-state index in [1.807, 2.05) is 36.4 Å². The summed E-state index contributed by atoms with van der Waals surface area (Å²) in [6.45, 7) is 4.23. The molecule has 2 aliphatic rings. The van der Waals surface area contributed by atoms with E-state index in [9.17, 15) is 15.2 Å². The van der Waals surface area contributed by atoms with Gasteiger partial charge in [-0.25, -0.2) is 4.98 Å². The molecule has 9 heteroatoms. The Morgan fingerprint density at radius 3 is 2.55 bits per heavy atom. The molecule has 0 spiro atoms. The minimum Gasteiger partial charge on any atom is -0.384 e. The zero-order valence-corrected chi connectivity index (χ0v) is 22.6. The third-order valence-corrected chi connectivity index (χ3v) is 7.78.